The molecular formula is C91H145B3N10O23. The van der Waals surface area contributed by atoms with E-state index in [0.29, 0.717) is 141 Å². The molecule has 0 fully saturated rings. The van der Waals surface area contributed by atoms with Crippen LogP contribution in [0, 0.1) is 29.6 Å². The highest BCUT2D eigenvalue weighted by Crippen LogP contribution is 2.37. The Labute approximate surface area is 754 Å². The van der Waals surface area contributed by atoms with Crippen LogP contribution in [0.1, 0.15) is 148 Å². The maximum atomic E-state index is 12.5. The molecule has 0 saturated carbocycles. The van der Waals surface area contributed by atoms with E-state index < -0.39 is 81.1 Å². The lowest BCUT2D eigenvalue weighted by atomic mass is 9.85. The number of hydrogen-bond acceptors (Lipinski definition) is 32. The van der Waals surface area contributed by atoms with Gasteiger partial charge in [-0.15, -0.1) is 0 Å². The third kappa shape index (κ3) is 42.8. The zero-order valence-corrected chi connectivity index (χ0v) is 79.7. The largest absolute Gasteiger partial charge is 0.491 e. The fraction of sp³-hybridized carbons (Fsp3) is 0.560. The second-order valence-corrected chi connectivity index (χ2v) is 32.7. The Balaban J connectivity index is 0.000000541. The minimum absolute atomic E-state index is 0.0144. The van der Waals surface area contributed by atoms with Gasteiger partial charge in [0, 0.05) is 39.8 Å². The van der Waals surface area contributed by atoms with Gasteiger partial charge in [0.1, 0.15) is 52.6 Å². The van der Waals surface area contributed by atoms with E-state index in [1.807, 2.05) is 97.8 Å². The van der Waals surface area contributed by atoms with Crippen molar-refractivity contribution >= 4 is 97.3 Å². The average molecular weight is 1780 g/mol. The molecule has 5 aromatic rings. The first-order valence-corrected chi connectivity index (χ1v) is 43.0. The van der Waals surface area contributed by atoms with Crippen LogP contribution in [0.2, 0.25) is 20.5 Å². The van der Waals surface area contributed by atoms with Gasteiger partial charge in [-0.25, -0.2) is 19.2 Å². The lowest BCUT2D eigenvalue weighted by Crippen LogP contribution is -2.39. The van der Waals surface area contributed by atoms with Crippen LogP contribution in [0.25, 0.3) is 0 Å². The Hall–Kier alpha value is -10.5. The molecule has 1 heterocycles. The number of likely N-dealkylation sites (N-methyl/N-ethyl adjacent to an activating group) is 1. The number of nitrogen functional groups attached to an aromatic ring is 1. The van der Waals surface area contributed by atoms with E-state index >= 15 is 0 Å². The second-order valence-electron chi connectivity index (χ2n) is 32.7. The molecule has 1 aliphatic heterocycles. The summed E-state index contributed by atoms with van der Waals surface area (Å²) in [5, 5.41) is 44.6. The first-order chi connectivity index (χ1) is 60.1. The molecule has 36 heteroatoms. The van der Waals surface area contributed by atoms with Gasteiger partial charge in [-0.05, 0) is 169 Å². The molecule has 706 valence electrons. The van der Waals surface area contributed by atoms with Crippen molar-refractivity contribution < 1.29 is 110 Å². The van der Waals surface area contributed by atoms with E-state index in [0.717, 1.165) is 77.4 Å². The van der Waals surface area contributed by atoms with E-state index in [1.54, 1.807) is 68.3 Å². The smallest absolute Gasteiger partial charge is 0.376 e. The van der Waals surface area contributed by atoms with Gasteiger partial charge in [0.2, 0.25) is 5.91 Å². The highest BCUT2D eigenvalue weighted by molar-refractivity contribution is 6.45. The lowest BCUT2D eigenvalue weighted by molar-refractivity contribution is -0.148. The average Bonchev–Trinajstić information content (AvgIpc) is 1.75. The number of carbonyl (C=O) groups excluding carboxylic acids is 8. The molecule has 0 bridgehead atoms. The molecule has 5 aromatic carbocycles. The van der Waals surface area contributed by atoms with Crippen LogP contribution in [0.3, 0.4) is 0 Å². The molecule has 0 saturated heterocycles. The van der Waals surface area contributed by atoms with Crippen molar-refractivity contribution in [1.82, 2.24) is 24.6 Å². The summed E-state index contributed by atoms with van der Waals surface area (Å²) in [6.07, 6.45) is 5.30. The molecule has 1 amide bonds. The predicted octanol–water partition coefficient (Wildman–Crippen LogP) is 11.5. The number of fused-ring (bicyclic) bond motifs is 1. The Kier molecular flexibility index (Phi) is 54.1. The zero-order valence-electron chi connectivity index (χ0n) is 79.7. The van der Waals surface area contributed by atoms with Crippen molar-refractivity contribution in [2.45, 2.75) is 192 Å². The van der Waals surface area contributed by atoms with Gasteiger partial charge in [-0.1, -0.05) is 130 Å². The number of para-hydroxylation sites is 5. The first kappa shape index (κ1) is 113. The molecule has 127 heavy (non-hydrogen) atoms. The first-order valence-electron chi connectivity index (χ1n) is 43.0. The number of anilines is 5. The van der Waals surface area contributed by atoms with Crippen molar-refractivity contribution in [2.24, 2.45) is 29.6 Å². The van der Waals surface area contributed by atoms with Gasteiger partial charge < -0.3 is 124 Å². The minimum atomic E-state index is -0.932. The van der Waals surface area contributed by atoms with Gasteiger partial charge in [-0.3, -0.25) is 19.2 Å². The van der Waals surface area contributed by atoms with Crippen LogP contribution < -0.4 is 56.0 Å². The molecule has 0 aromatic heterocycles. The van der Waals surface area contributed by atoms with Crippen LogP contribution in [-0.2, 0) is 104 Å². The van der Waals surface area contributed by atoms with Crippen molar-refractivity contribution in [3.63, 3.8) is 0 Å². The quantitative estimate of drug-likeness (QED) is 0.00574. The number of rotatable bonds is 47. The van der Waals surface area contributed by atoms with Crippen molar-refractivity contribution in [3.05, 3.63) is 131 Å². The maximum Gasteiger partial charge on any atom is 0.376 e. The monoisotopic (exact) mass is 1780 g/mol. The van der Waals surface area contributed by atoms with Gasteiger partial charge in [0.25, 0.3) is 0 Å². The SMILES string of the molecule is CB(O)N(C)Cc1cccc(OCCC(C)C)c1N.CNCc1cccc(OCCC(C)C)c1NC(CC(=O)OC)C(=O)OC.COC(=O)/C=C(\Nc1c(CN(C)B(C)O)cccc1OCCC(C)C)C(=O)OC.COC(=O)CC(Nc1c(CN(C)B(C)O)cccc1OCCC(C)C)C(=O)OC.COC(=O)CC1Nc2c(cccc2OCCC(C)C)CN(C)C1=O. The van der Waals surface area contributed by atoms with Crippen molar-refractivity contribution in [1.29, 1.82) is 0 Å². The summed E-state index contributed by atoms with van der Waals surface area (Å²) in [5.74, 6) is 1.71. The lowest BCUT2D eigenvalue weighted by Gasteiger charge is -2.24. The van der Waals surface area contributed by atoms with Gasteiger partial charge >= 0.3 is 62.9 Å². The zero-order chi connectivity index (χ0) is 95.6. The molecule has 0 aliphatic carbocycles. The summed E-state index contributed by atoms with van der Waals surface area (Å²) >= 11 is 0. The number of carbonyl (C=O) groups is 8. The van der Waals surface area contributed by atoms with E-state index in [9.17, 15) is 53.4 Å². The Morgan fingerprint density at radius 2 is 0.843 bits per heavy atom. The minimum Gasteiger partial charge on any atom is -0.491 e. The summed E-state index contributed by atoms with van der Waals surface area (Å²) in [5.41, 5.74) is 13.7. The standard InChI is InChI=1S/C20H33BN2O6.C20H31BN2O6.C19H30N2O5.C18H26N2O4.C14H25BN2O2/c2*1-14(2)10-11-29-17-9-7-8-15(13-23(4)21(3)26)19(17)22-16(20(25)28-6)12-18(24)27-5;1-13(2)9-10-26-16-8-6-7-14(12-20-3)18(16)21-15(19(23)25-5)11-17(22)24-4;1-12(2)8-9-24-15-7-5-6-13-11-20(3)18(22)14(19-17(13)15)10-16(21)23-4;1-11(2)8-9-19-13-7-5-6-12(14(13)16)10-17(4)15(3)18/h7-9,14,16,22,26H,10-13H2,1-6H3;7-9,12,14,22,26H,10-11,13H2,1-6H3;6-8,13,15,20-21H,9-12H2,1-5H3;5-7,12,14,19H,8-11H2,1-4H3;5-7,11,18H,8-10,16H2,1-4H3/b;16-12-;;;. The van der Waals surface area contributed by atoms with Crippen LogP contribution in [0.15, 0.2) is 103 Å². The molecule has 3 atom stereocenters. The molecule has 0 radical (unpaired) electrons. The van der Waals surface area contributed by atoms with Crippen LogP contribution >= 0.6 is 0 Å². The highest BCUT2D eigenvalue weighted by Gasteiger charge is 2.33. The Morgan fingerprint density at radius 1 is 0.488 bits per heavy atom. The van der Waals surface area contributed by atoms with E-state index in [-0.39, 0.29) is 30.9 Å². The van der Waals surface area contributed by atoms with Gasteiger partial charge in [0.15, 0.2) is 0 Å². The third-order valence-corrected chi connectivity index (χ3v) is 19.8. The number of benzene rings is 5. The summed E-state index contributed by atoms with van der Waals surface area (Å²) in [6, 6.07) is 25.8. The van der Waals surface area contributed by atoms with Crippen molar-refractivity contribution in [2.75, 3.05) is 145 Å². The Bertz CT molecular complexity index is 4180. The number of nitrogens with zero attached hydrogens (tertiary/aromatic N) is 4. The molecule has 1 aliphatic rings. The van der Waals surface area contributed by atoms with E-state index in [2.05, 4.69) is 105 Å². The summed E-state index contributed by atoms with van der Waals surface area (Å²) in [6.45, 7) is 31.7. The van der Waals surface area contributed by atoms with Crippen LogP contribution in [-0.4, -0.2) is 239 Å². The number of esters is 7. The number of methoxy groups -OCH3 is 7. The van der Waals surface area contributed by atoms with Gasteiger partial charge in [-0.2, -0.15) is 0 Å². The molecular weight excluding hydrogens is 1630 g/mol. The fourth-order valence-electron chi connectivity index (χ4n) is 11.5. The van der Waals surface area contributed by atoms with Gasteiger partial charge in [0.05, 0.1) is 137 Å². The normalized spacial score (nSPS) is 12.6. The number of nitrogens with two attached hydrogens (primary N) is 1. The second kappa shape index (κ2) is 61.1. The fourth-order valence-corrected chi connectivity index (χ4v) is 11.5. The summed E-state index contributed by atoms with van der Waals surface area (Å²) in [7, 11) is 16.0. The molecule has 6 rings (SSSR count). The molecule has 10 N–H and O–H groups in total. The van der Waals surface area contributed by atoms with Crippen LogP contribution in [0.4, 0.5) is 28.4 Å². The topological polar surface area (TPSA) is 407 Å². The highest BCUT2D eigenvalue weighted by atomic mass is 16.6. The van der Waals surface area contributed by atoms with Crippen molar-refractivity contribution in [3.8, 4) is 28.7 Å². The number of nitrogens with one attached hydrogen (secondary N) is 5. The number of amides is 1. The van der Waals surface area contributed by atoms with Crippen LogP contribution in [0.5, 0.6) is 28.7 Å². The molecule has 33 nitrogen and oxygen atoms in total. The maximum absolute atomic E-state index is 12.5. The number of ether oxygens (including phenoxy) is 12. The third-order valence-electron chi connectivity index (χ3n) is 19.8. The Morgan fingerprint density at radius 3 is 1.23 bits per heavy atom. The number of hydrogen-bond donors (Lipinski definition) is 9. The van der Waals surface area contributed by atoms with E-state index in [4.69, 9.17) is 53.1 Å². The summed E-state index contributed by atoms with van der Waals surface area (Å²) < 4.78 is 62.6. The molecule has 0 spiro atoms. The predicted molar refractivity (Wildman–Crippen MR) is 498 cm³/mol. The van der Waals surface area contributed by atoms with E-state index in [1.165, 1.54) is 49.8 Å². The molecule has 3 unspecified atom stereocenters. The summed E-state index contributed by atoms with van der Waals surface area (Å²) in [4.78, 5) is 103.